The van der Waals surface area contributed by atoms with E-state index in [2.05, 4.69) is 31.0 Å². The number of carbonyl (C=O) groups is 1. The predicted molar refractivity (Wildman–Crippen MR) is 84.0 cm³/mol. The molecule has 0 aliphatic rings. The fraction of sp³-hybridized carbons (Fsp3) is 0.400. The quantitative estimate of drug-likeness (QED) is 0.495. The molecule has 6 heteroatoms. The Hall–Kier alpha value is -1.95. The summed E-state index contributed by atoms with van der Waals surface area (Å²) in [5.74, 6) is -0.445. The second-order valence-corrected chi connectivity index (χ2v) is 6.71. The minimum atomic E-state index is -0.445. The first-order valence-corrected chi connectivity index (χ1v) is 7.53. The molecule has 0 saturated heterocycles. The standard InChI is InChI=1S/C15H19N3O2S/c1-10-12(11(2)18(17-10)15(3,4)5)9-16-20-14(19)13-7-6-8-21-13/h6-9H,1-5H3. The fourth-order valence-corrected chi connectivity index (χ4v) is 2.66. The largest absolute Gasteiger partial charge is 0.375 e. The van der Waals surface area contributed by atoms with Gasteiger partial charge >= 0.3 is 5.97 Å². The zero-order valence-electron chi connectivity index (χ0n) is 12.9. The molecular formula is C15H19N3O2S. The first-order chi connectivity index (χ1) is 9.80. The summed E-state index contributed by atoms with van der Waals surface area (Å²) in [6, 6.07) is 3.50. The summed E-state index contributed by atoms with van der Waals surface area (Å²) >= 11 is 1.33. The molecule has 2 aromatic rings. The summed E-state index contributed by atoms with van der Waals surface area (Å²) in [6.07, 6.45) is 1.55. The molecule has 2 heterocycles. The summed E-state index contributed by atoms with van der Waals surface area (Å²) in [7, 11) is 0. The first kappa shape index (κ1) is 15.4. The van der Waals surface area contributed by atoms with Crippen LogP contribution >= 0.6 is 11.3 Å². The van der Waals surface area contributed by atoms with E-state index in [1.54, 1.807) is 18.3 Å². The van der Waals surface area contributed by atoms with E-state index in [1.807, 2.05) is 23.9 Å². The van der Waals surface area contributed by atoms with Gasteiger partial charge in [0.1, 0.15) is 4.88 Å². The van der Waals surface area contributed by atoms with Crippen LogP contribution in [0.15, 0.2) is 22.7 Å². The lowest BCUT2D eigenvalue weighted by Gasteiger charge is -2.21. The van der Waals surface area contributed by atoms with Gasteiger partial charge in [-0.2, -0.15) is 5.10 Å². The average molecular weight is 305 g/mol. The number of rotatable bonds is 3. The summed E-state index contributed by atoms with van der Waals surface area (Å²) in [5.41, 5.74) is 2.63. The normalized spacial score (nSPS) is 12.0. The molecule has 2 aromatic heterocycles. The first-order valence-electron chi connectivity index (χ1n) is 6.65. The molecule has 0 spiro atoms. The highest BCUT2D eigenvalue weighted by Crippen LogP contribution is 2.20. The van der Waals surface area contributed by atoms with Gasteiger partial charge in [0.05, 0.1) is 17.4 Å². The smallest absolute Gasteiger partial charge is 0.312 e. The van der Waals surface area contributed by atoms with Gasteiger partial charge in [-0.25, -0.2) is 4.79 Å². The Labute approximate surface area is 128 Å². The van der Waals surface area contributed by atoms with Gasteiger partial charge in [0.15, 0.2) is 0 Å². The van der Waals surface area contributed by atoms with Crippen molar-refractivity contribution in [3.63, 3.8) is 0 Å². The lowest BCUT2D eigenvalue weighted by Crippen LogP contribution is -2.24. The molecule has 0 aromatic carbocycles. The summed E-state index contributed by atoms with van der Waals surface area (Å²) in [4.78, 5) is 17.1. The maximum absolute atomic E-state index is 11.7. The van der Waals surface area contributed by atoms with Gasteiger partial charge in [0.25, 0.3) is 0 Å². The zero-order chi connectivity index (χ0) is 15.6. The van der Waals surface area contributed by atoms with E-state index in [0.29, 0.717) is 4.88 Å². The molecule has 0 amide bonds. The Bertz CT molecular complexity index is 664. The lowest BCUT2D eigenvalue weighted by molar-refractivity contribution is 0.0525. The minimum absolute atomic E-state index is 0.103. The second-order valence-electron chi connectivity index (χ2n) is 5.76. The molecule has 0 aliphatic heterocycles. The minimum Gasteiger partial charge on any atom is -0.312 e. The average Bonchev–Trinajstić information content (AvgIpc) is 3.00. The topological polar surface area (TPSA) is 56.5 Å². The number of oxime groups is 1. The van der Waals surface area contributed by atoms with E-state index in [1.165, 1.54) is 11.3 Å². The number of aryl methyl sites for hydroxylation is 1. The van der Waals surface area contributed by atoms with E-state index >= 15 is 0 Å². The van der Waals surface area contributed by atoms with Crippen LogP contribution in [0.1, 0.15) is 47.4 Å². The van der Waals surface area contributed by atoms with Crippen LogP contribution in [0.25, 0.3) is 0 Å². The Morgan fingerprint density at radius 2 is 2.14 bits per heavy atom. The Kier molecular flexibility index (Phi) is 4.27. The number of hydrogen-bond acceptors (Lipinski definition) is 5. The molecule has 0 unspecified atom stereocenters. The summed E-state index contributed by atoms with van der Waals surface area (Å²) < 4.78 is 1.95. The van der Waals surface area contributed by atoms with Crippen molar-refractivity contribution in [2.75, 3.05) is 0 Å². The highest BCUT2D eigenvalue weighted by molar-refractivity contribution is 7.11. The van der Waals surface area contributed by atoms with Crippen LogP contribution in [0.5, 0.6) is 0 Å². The Balaban J connectivity index is 2.15. The molecular weight excluding hydrogens is 286 g/mol. The van der Waals surface area contributed by atoms with Crippen LogP contribution in [0, 0.1) is 13.8 Å². The van der Waals surface area contributed by atoms with Crippen molar-refractivity contribution in [2.45, 2.75) is 40.2 Å². The predicted octanol–water partition coefficient (Wildman–Crippen LogP) is 3.51. The van der Waals surface area contributed by atoms with Crippen LogP contribution in [0.3, 0.4) is 0 Å². The van der Waals surface area contributed by atoms with E-state index in [9.17, 15) is 4.79 Å². The molecule has 0 N–H and O–H groups in total. The molecule has 5 nitrogen and oxygen atoms in total. The molecule has 0 fully saturated rings. The molecule has 0 atom stereocenters. The van der Waals surface area contributed by atoms with Crippen molar-refractivity contribution in [3.05, 3.63) is 39.3 Å². The highest BCUT2D eigenvalue weighted by atomic mass is 32.1. The highest BCUT2D eigenvalue weighted by Gasteiger charge is 2.20. The number of nitrogens with zero attached hydrogens (tertiary/aromatic N) is 3. The van der Waals surface area contributed by atoms with Crippen LogP contribution < -0.4 is 0 Å². The maximum Gasteiger partial charge on any atom is 0.375 e. The van der Waals surface area contributed by atoms with Gasteiger partial charge < -0.3 is 4.84 Å². The number of carbonyl (C=O) groups excluding carboxylic acids is 1. The van der Waals surface area contributed by atoms with Gasteiger partial charge in [-0.05, 0) is 46.1 Å². The second kappa shape index (κ2) is 5.81. The maximum atomic E-state index is 11.7. The molecule has 0 aliphatic carbocycles. The number of thiophene rings is 1. The van der Waals surface area contributed by atoms with Crippen molar-refractivity contribution >= 4 is 23.5 Å². The molecule has 2 rings (SSSR count). The summed E-state index contributed by atoms with van der Waals surface area (Å²) in [5, 5.41) is 10.1. The Morgan fingerprint density at radius 3 is 2.67 bits per heavy atom. The van der Waals surface area contributed by atoms with Crippen LogP contribution in [-0.2, 0) is 10.4 Å². The van der Waals surface area contributed by atoms with Crippen LogP contribution in [-0.4, -0.2) is 22.0 Å². The number of aromatic nitrogens is 2. The van der Waals surface area contributed by atoms with E-state index in [-0.39, 0.29) is 5.54 Å². The van der Waals surface area contributed by atoms with Crippen molar-refractivity contribution in [3.8, 4) is 0 Å². The molecule has 0 bridgehead atoms. The van der Waals surface area contributed by atoms with Gasteiger partial charge in [0.2, 0.25) is 0 Å². The van der Waals surface area contributed by atoms with Crippen molar-refractivity contribution < 1.29 is 9.63 Å². The third kappa shape index (κ3) is 3.39. The van der Waals surface area contributed by atoms with Crippen molar-refractivity contribution in [1.29, 1.82) is 0 Å². The SMILES string of the molecule is Cc1nn(C(C)(C)C)c(C)c1C=NOC(=O)c1cccs1. The molecule has 21 heavy (non-hydrogen) atoms. The van der Waals surface area contributed by atoms with Gasteiger partial charge in [-0.1, -0.05) is 11.2 Å². The van der Waals surface area contributed by atoms with Gasteiger partial charge in [-0.15, -0.1) is 11.3 Å². The molecule has 0 radical (unpaired) electrons. The fourth-order valence-electron chi connectivity index (χ4n) is 2.06. The van der Waals surface area contributed by atoms with E-state index < -0.39 is 5.97 Å². The van der Waals surface area contributed by atoms with E-state index in [4.69, 9.17) is 4.84 Å². The molecule has 0 saturated carbocycles. The summed E-state index contributed by atoms with van der Waals surface area (Å²) in [6.45, 7) is 10.2. The third-order valence-electron chi connectivity index (χ3n) is 3.02. The van der Waals surface area contributed by atoms with E-state index in [0.717, 1.165) is 17.0 Å². The van der Waals surface area contributed by atoms with Crippen molar-refractivity contribution in [2.24, 2.45) is 5.16 Å². The lowest BCUT2D eigenvalue weighted by atomic mass is 10.1. The van der Waals surface area contributed by atoms with Crippen LogP contribution in [0.2, 0.25) is 0 Å². The molecule has 112 valence electrons. The van der Waals surface area contributed by atoms with Crippen molar-refractivity contribution in [1.82, 2.24) is 9.78 Å². The third-order valence-corrected chi connectivity index (χ3v) is 3.87. The zero-order valence-corrected chi connectivity index (χ0v) is 13.7. The Morgan fingerprint density at radius 1 is 1.43 bits per heavy atom. The number of hydrogen-bond donors (Lipinski definition) is 0. The van der Waals surface area contributed by atoms with Gasteiger partial charge in [0, 0.05) is 11.3 Å². The monoisotopic (exact) mass is 305 g/mol. The van der Waals surface area contributed by atoms with Crippen LogP contribution in [0.4, 0.5) is 0 Å². The van der Waals surface area contributed by atoms with Gasteiger partial charge in [-0.3, -0.25) is 4.68 Å².